The Morgan fingerprint density at radius 3 is 2.95 bits per heavy atom. The molecular formula is C18H17NO. The lowest BCUT2D eigenvalue weighted by atomic mass is 9.81. The maximum Gasteiger partial charge on any atom is 0.133 e. The average Bonchev–Trinajstić information content (AvgIpc) is 2.97. The van der Waals surface area contributed by atoms with Crippen LogP contribution in [0.2, 0.25) is 0 Å². The van der Waals surface area contributed by atoms with Crippen LogP contribution in [0.15, 0.2) is 41.7 Å². The Kier molecular flexibility index (Phi) is 2.62. The summed E-state index contributed by atoms with van der Waals surface area (Å²) in [7, 11) is 0. The monoisotopic (exact) mass is 263 g/mol. The molecule has 2 aromatic rings. The molecule has 0 amide bonds. The molecule has 100 valence electrons. The molecule has 0 N–H and O–H groups in total. The van der Waals surface area contributed by atoms with Crippen molar-refractivity contribution in [2.24, 2.45) is 0 Å². The third kappa shape index (κ3) is 1.68. The van der Waals surface area contributed by atoms with Crippen LogP contribution in [0.3, 0.4) is 0 Å². The van der Waals surface area contributed by atoms with Crippen LogP contribution >= 0.6 is 0 Å². The molecule has 0 atom stereocenters. The van der Waals surface area contributed by atoms with E-state index in [9.17, 15) is 0 Å². The van der Waals surface area contributed by atoms with E-state index in [1.54, 1.807) is 0 Å². The zero-order chi connectivity index (χ0) is 13.5. The summed E-state index contributed by atoms with van der Waals surface area (Å²) in [4.78, 5) is 4.52. The quantitative estimate of drug-likeness (QED) is 0.686. The van der Waals surface area contributed by atoms with Crippen LogP contribution in [0.1, 0.15) is 48.3 Å². The number of nitrogens with zero attached hydrogens (tertiary/aromatic N) is 1. The smallest absolute Gasteiger partial charge is 0.133 e. The fourth-order valence-electron chi connectivity index (χ4n) is 3.43. The molecule has 20 heavy (non-hydrogen) atoms. The van der Waals surface area contributed by atoms with Crippen molar-refractivity contribution in [3.63, 3.8) is 0 Å². The minimum Gasteiger partial charge on any atom is -0.464 e. The second-order valence-corrected chi connectivity index (χ2v) is 5.59. The number of aryl methyl sites for hydroxylation is 1. The summed E-state index contributed by atoms with van der Waals surface area (Å²) < 4.78 is 5.76. The highest BCUT2D eigenvalue weighted by molar-refractivity contribution is 5.95. The van der Waals surface area contributed by atoms with E-state index in [0.29, 0.717) is 0 Å². The van der Waals surface area contributed by atoms with E-state index in [1.165, 1.54) is 28.7 Å². The Balaban J connectivity index is 1.95. The van der Waals surface area contributed by atoms with Gasteiger partial charge in [-0.3, -0.25) is 4.98 Å². The van der Waals surface area contributed by atoms with Gasteiger partial charge in [-0.1, -0.05) is 12.6 Å². The highest BCUT2D eigenvalue weighted by Crippen LogP contribution is 2.43. The summed E-state index contributed by atoms with van der Waals surface area (Å²) in [6, 6.07) is 6.30. The summed E-state index contributed by atoms with van der Waals surface area (Å²) in [5.74, 6) is 1.11. The lowest BCUT2D eigenvalue weighted by Crippen LogP contribution is -2.07. The Hall–Kier alpha value is -2.09. The molecule has 0 aromatic carbocycles. The molecule has 2 nitrogen and oxygen atoms in total. The van der Waals surface area contributed by atoms with Gasteiger partial charge in [0.25, 0.3) is 0 Å². The number of fused-ring (bicyclic) bond motifs is 2. The molecule has 0 saturated heterocycles. The maximum atomic E-state index is 5.76. The standard InChI is InChI=1S/C18H17NO/c1-12-7-8-14(15-6-3-10-19-17(12)15)16-5-2-4-13-9-11-20-18(13)16/h3,6,9-11H,1-2,4-5,7-8H2/b16-14-. The molecule has 0 bridgehead atoms. The van der Waals surface area contributed by atoms with Crippen molar-refractivity contribution in [1.29, 1.82) is 0 Å². The van der Waals surface area contributed by atoms with Crippen molar-refractivity contribution in [3.8, 4) is 0 Å². The topological polar surface area (TPSA) is 26.0 Å². The minimum atomic E-state index is 0.999. The Morgan fingerprint density at radius 1 is 1.05 bits per heavy atom. The van der Waals surface area contributed by atoms with Gasteiger partial charge in [-0.25, -0.2) is 0 Å². The Morgan fingerprint density at radius 2 is 2.00 bits per heavy atom. The molecule has 0 fully saturated rings. The van der Waals surface area contributed by atoms with Gasteiger partial charge in [0.15, 0.2) is 0 Å². The fraction of sp³-hybridized carbons (Fsp3) is 0.278. The molecule has 0 radical (unpaired) electrons. The number of hydrogen-bond donors (Lipinski definition) is 0. The third-order valence-electron chi connectivity index (χ3n) is 4.40. The molecular weight excluding hydrogens is 246 g/mol. The molecule has 0 unspecified atom stereocenters. The van der Waals surface area contributed by atoms with Gasteiger partial charge in [0, 0.05) is 11.8 Å². The first kappa shape index (κ1) is 11.7. The van der Waals surface area contributed by atoms with E-state index in [4.69, 9.17) is 4.42 Å². The molecule has 0 spiro atoms. The van der Waals surface area contributed by atoms with Crippen LogP contribution in [-0.2, 0) is 6.42 Å². The molecule has 2 heterocycles. The number of furan rings is 1. The van der Waals surface area contributed by atoms with E-state index in [-0.39, 0.29) is 0 Å². The maximum absolute atomic E-state index is 5.76. The van der Waals surface area contributed by atoms with Crippen molar-refractivity contribution < 1.29 is 4.42 Å². The summed E-state index contributed by atoms with van der Waals surface area (Å²) in [6.45, 7) is 4.16. The fourth-order valence-corrected chi connectivity index (χ4v) is 3.43. The SMILES string of the molecule is C=C1CC/C(=C2\CCCc3ccoc32)c2cccnc21. The first-order chi connectivity index (χ1) is 9.84. The van der Waals surface area contributed by atoms with Crippen molar-refractivity contribution in [2.75, 3.05) is 0 Å². The summed E-state index contributed by atoms with van der Waals surface area (Å²) >= 11 is 0. The van der Waals surface area contributed by atoms with Crippen molar-refractivity contribution >= 4 is 16.7 Å². The first-order valence-electron chi connectivity index (χ1n) is 7.27. The normalized spacial score (nSPS) is 21.5. The predicted molar refractivity (Wildman–Crippen MR) is 81.0 cm³/mol. The van der Waals surface area contributed by atoms with Gasteiger partial charge >= 0.3 is 0 Å². The van der Waals surface area contributed by atoms with Crippen molar-refractivity contribution in [3.05, 3.63) is 59.8 Å². The van der Waals surface area contributed by atoms with Gasteiger partial charge in [-0.15, -0.1) is 0 Å². The summed E-state index contributed by atoms with van der Waals surface area (Å²) in [5.41, 5.74) is 7.63. The number of aromatic nitrogens is 1. The highest BCUT2D eigenvalue weighted by atomic mass is 16.3. The summed E-state index contributed by atoms with van der Waals surface area (Å²) in [6.07, 6.45) is 9.18. The predicted octanol–water partition coefficient (Wildman–Crippen LogP) is 4.73. The zero-order valence-electron chi connectivity index (χ0n) is 11.5. The average molecular weight is 263 g/mol. The van der Waals surface area contributed by atoms with Crippen LogP contribution in [-0.4, -0.2) is 4.98 Å². The van der Waals surface area contributed by atoms with E-state index < -0.39 is 0 Å². The molecule has 2 aliphatic carbocycles. The first-order valence-corrected chi connectivity index (χ1v) is 7.27. The van der Waals surface area contributed by atoms with E-state index in [1.807, 2.05) is 18.5 Å². The second kappa shape index (κ2) is 4.48. The minimum absolute atomic E-state index is 0.999. The largest absolute Gasteiger partial charge is 0.464 e. The molecule has 2 aliphatic rings. The van der Waals surface area contributed by atoms with E-state index >= 15 is 0 Å². The van der Waals surface area contributed by atoms with Crippen LogP contribution < -0.4 is 0 Å². The lowest BCUT2D eigenvalue weighted by molar-refractivity contribution is 0.538. The number of hydrogen-bond acceptors (Lipinski definition) is 2. The van der Waals surface area contributed by atoms with Gasteiger partial charge in [-0.2, -0.15) is 0 Å². The van der Waals surface area contributed by atoms with E-state index in [0.717, 1.165) is 42.7 Å². The molecule has 2 heteroatoms. The van der Waals surface area contributed by atoms with Gasteiger partial charge in [0.1, 0.15) is 5.76 Å². The van der Waals surface area contributed by atoms with Crippen LogP contribution in [0, 0.1) is 0 Å². The highest BCUT2D eigenvalue weighted by Gasteiger charge is 2.25. The van der Waals surface area contributed by atoms with Crippen molar-refractivity contribution in [1.82, 2.24) is 4.98 Å². The second-order valence-electron chi connectivity index (χ2n) is 5.59. The lowest BCUT2D eigenvalue weighted by Gasteiger charge is -2.25. The number of rotatable bonds is 0. The zero-order valence-corrected chi connectivity index (χ0v) is 11.5. The van der Waals surface area contributed by atoms with E-state index in [2.05, 4.69) is 23.7 Å². The van der Waals surface area contributed by atoms with Crippen LogP contribution in [0.4, 0.5) is 0 Å². The molecule has 2 aromatic heterocycles. The number of allylic oxidation sites excluding steroid dienone is 3. The molecule has 0 saturated carbocycles. The summed E-state index contributed by atoms with van der Waals surface area (Å²) in [5, 5.41) is 0. The van der Waals surface area contributed by atoms with Gasteiger partial charge in [0.05, 0.1) is 12.0 Å². The van der Waals surface area contributed by atoms with Gasteiger partial charge in [0.2, 0.25) is 0 Å². The Bertz CT molecular complexity index is 721. The third-order valence-corrected chi connectivity index (χ3v) is 4.40. The van der Waals surface area contributed by atoms with Crippen molar-refractivity contribution in [2.45, 2.75) is 32.1 Å². The van der Waals surface area contributed by atoms with Crippen LogP contribution in [0.5, 0.6) is 0 Å². The molecule has 4 rings (SSSR count). The molecule has 0 aliphatic heterocycles. The number of pyridine rings is 1. The van der Waals surface area contributed by atoms with Gasteiger partial charge < -0.3 is 4.42 Å². The Labute approximate surface area is 118 Å². The van der Waals surface area contributed by atoms with Gasteiger partial charge in [-0.05, 0) is 66.5 Å². The van der Waals surface area contributed by atoms with Crippen LogP contribution in [0.25, 0.3) is 16.7 Å².